The van der Waals surface area contributed by atoms with Gasteiger partial charge >= 0.3 is 0 Å². The van der Waals surface area contributed by atoms with Gasteiger partial charge in [-0.15, -0.1) is 0 Å². The van der Waals surface area contributed by atoms with Crippen LogP contribution in [0.2, 0.25) is 0 Å². The summed E-state index contributed by atoms with van der Waals surface area (Å²) in [6.07, 6.45) is 1.03. The summed E-state index contributed by atoms with van der Waals surface area (Å²) in [5.74, 6) is -0.527. The van der Waals surface area contributed by atoms with E-state index in [0.717, 1.165) is 6.08 Å². The molecule has 0 saturated heterocycles. The molecule has 0 heterocycles. The second kappa shape index (κ2) is 8.60. The van der Waals surface area contributed by atoms with Gasteiger partial charge in [-0.05, 0) is 6.08 Å². The molecule has 0 spiro atoms. The van der Waals surface area contributed by atoms with Crippen molar-refractivity contribution in [1.82, 2.24) is 10.8 Å². The summed E-state index contributed by atoms with van der Waals surface area (Å²) in [4.78, 5) is 20.3. The highest BCUT2D eigenvalue weighted by atomic mass is 17.0. The van der Waals surface area contributed by atoms with Gasteiger partial charge in [0, 0.05) is 5.34 Å². The van der Waals surface area contributed by atoms with E-state index < -0.39 is 5.91 Å². The Morgan fingerprint density at radius 2 is 1.86 bits per heavy atom. The van der Waals surface area contributed by atoms with Crippen molar-refractivity contribution >= 4 is 5.91 Å². The first-order valence-electron chi connectivity index (χ1n) is 3.95. The topological polar surface area (TPSA) is 91.3 Å². The van der Waals surface area contributed by atoms with Crippen LogP contribution in [0, 0.1) is 0 Å². The van der Waals surface area contributed by atoms with Crippen LogP contribution in [-0.2, 0) is 14.5 Å². The molecule has 0 aromatic rings. The van der Waals surface area contributed by atoms with Crippen LogP contribution in [0.1, 0.15) is 0 Å². The number of hydrogen-bond donors (Lipinski definition) is 3. The van der Waals surface area contributed by atoms with Gasteiger partial charge in [-0.3, -0.25) is 14.5 Å². The molecule has 0 aromatic heterocycles. The second-order valence-electron chi connectivity index (χ2n) is 2.05. The van der Waals surface area contributed by atoms with E-state index in [1.54, 1.807) is 0 Å². The molecule has 0 unspecified atom stereocenters. The SMILES string of the molecule is C=CC(=O)NN(OCCO)OCCO. The van der Waals surface area contributed by atoms with E-state index in [-0.39, 0.29) is 26.4 Å². The van der Waals surface area contributed by atoms with Crippen molar-refractivity contribution in [2.45, 2.75) is 0 Å². The van der Waals surface area contributed by atoms with Crippen LogP contribution in [0.5, 0.6) is 0 Å². The average Bonchev–Trinajstić information content (AvgIpc) is 2.21. The number of amides is 1. The normalized spacial score (nSPS) is 10.2. The molecule has 7 nitrogen and oxygen atoms in total. The molecule has 7 heteroatoms. The molecule has 0 aromatic carbocycles. The molecule has 3 N–H and O–H groups in total. The van der Waals surface area contributed by atoms with Crippen LogP contribution >= 0.6 is 0 Å². The Bertz CT molecular complexity index is 167. The summed E-state index contributed by atoms with van der Waals surface area (Å²) in [7, 11) is 0. The number of aliphatic hydroxyl groups is 2. The first-order chi connectivity index (χ1) is 6.74. The highest BCUT2D eigenvalue weighted by Gasteiger charge is 2.07. The van der Waals surface area contributed by atoms with Crippen LogP contribution in [0.15, 0.2) is 12.7 Å². The number of nitrogens with zero attached hydrogens (tertiary/aromatic N) is 1. The van der Waals surface area contributed by atoms with Gasteiger partial charge in [-0.1, -0.05) is 6.58 Å². The molecule has 0 fully saturated rings. The lowest BCUT2D eigenvalue weighted by molar-refractivity contribution is -0.393. The second-order valence-corrected chi connectivity index (χ2v) is 2.05. The molecule has 0 aliphatic carbocycles. The molecule has 0 bridgehead atoms. The van der Waals surface area contributed by atoms with Gasteiger partial charge in [-0.25, -0.2) is 5.43 Å². The lowest BCUT2D eigenvalue weighted by atomic mass is 10.6. The van der Waals surface area contributed by atoms with Gasteiger partial charge in [0.25, 0.3) is 5.91 Å². The Hall–Kier alpha value is -0.990. The van der Waals surface area contributed by atoms with E-state index in [1.165, 1.54) is 0 Å². The summed E-state index contributed by atoms with van der Waals surface area (Å²) >= 11 is 0. The quantitative estimate of drug-likeness (QED) is 0.326. The number of hydrazine groups is 1. The monoisotopic (exact) mass is 206 g/mol. The van der Waals surface area contributed by atoms with Crippen LogP contribution in [0.4, 0.5) is 0 Å². The van der Waals surface area contributed by atoms with Crippen molar-refractivity contribution in [3.8, 4) is 0 Å². The van der Waals surface area contributed by atoms with E-state index in [4.69, 9.17) is 19.9 Å². The molecule has 0 aliphatic heterocycles. The molecular formula is C7H14N2O5. The van der Waals surface area contributed by atoms with Crippen LogP contribution in [0.25, 0.3) is 0 Å². The van der Waals surface area contributed by atoms with E-state index in [2.05, 4.69) is 12.0 Å². The third kappa shape index (κ3) is 6.52. The Morgan fingerprint density at radius 3 is 2.21 bits per heavy atom. The third-order valence-electron chi connectivity index (χ3n) is 0.987. The van der Waals surface area contributed by atoms with Gasteiger partial charge in [0.15, 0.2) is 0 Å². The molecule has 82 valence electrons. The molecule has 0 atom stereocenters. The summed E-state index contributed by atoms with van der Waals surface area (Å²) in [6, 6.07) is 0. The number of hydrogen-bond acceptors (Lipinski definition) is 6. The van der Waals surface area contributed by atoms with Gasteiger partial charge in [0.2, 0.25) is 0 Å². The fourth-order valence-electron chi connectivity index (χ4n) is 0.485. The lowest BCUT2D eigenvalue weighted by Gasteiger charge is -2.19. The van der Waals surface area contributed by atoms with Crippen molar-refractivity contribution in [3.63, 3.8) is 0 Å². The minimum absolute atomic E-state index is 0.0388. The summed E-state index contributed by atoms with van der Waals surface area (Å²) in [5, 5.41) is 17.5. The Balaban J connectivity index is 3.82. The first kappa shape index (κ1) is 13.0. The summed E-state index contributed by atoms with van der Waals surface area (Å²) in [6.45, 7) is 2.71. The summed E-state index contributed by atoms with van der Waals surface area (Å²) in [5.41, 5.74) is 2.15. The lowest BCUT2D eigenvalue weighted by Crippen LogP contribution is -2.42. The van der Waals surface area contributed by atoms with Gasteiger partial charge in [0.1, 0.15) is 0 Å². The van der Waals surface area contributed by atoms with Crippen LogP contribution < -0.4 is 5.43 Å². The first-order valence-corrected chi connectivity index (χ1v) is 3.95. The number of aliphatic hydroxyl groups excluding tert-OH is 2. The fraction of sp³-hybridized carbons (Fsp3) is 0.571. The van der Waals surface area contributed by atoms with Crippen molar-refractivity contribution in [1.29, 1.82) is 0 Å². The van der Waals surface area contributed by atoms with Crippen molar-refractivity contribution < 1.29 is 24.7 Å². The maximum atomic E-state index is 10.8. The molecule has 0 aliphatic rings. The maximum Gasteiger partial charge on any atom is 0.261 e. The largest absolute Gasteiger partial charge is 0.394 e. The van der Waals surface area contributed by atoms with Crippen molar-refractivity contribution in [2.24, 2.45) is 0 Å². The standard InChI is InChI=1S/C7H14N2O5/c1-2-7(12)8-9(13-5-3-10)14-6-4-11/h2,10-11H,1,3-6H2,(H,8,12). The molecule has 0 saturated carbocycles. The Kier molecular flexibility index (Phi) is 7.99. The minimum atomic E-state index is -0.527. The number of rotatable bonds is 8. The Morgan fingerprint density at radius 1 is 1.36 bits per heavy atom. The molecular weight excluding hydrogens is 192 g/mol. The van der Waals surface area contributed by atoms with Crippen LogP contribution in [0.3, 0.4) is 0 Å². The zero-order valence-electron chi connectivity index (χ0n) is 7.68. The number of carbonyl (C=O) groups excluding carboxylic acids is 1. The van der Waals surface area contributed by atoms with Crippen molar-refractivity contribution in [3.05, 3.63) is 12.7 Å². The van der Waals surface area contributed by atoms with E-state index in [0.29, 0.717) is 5.34 Å². The van der Waals surface area contributed by atoms with E-state index >= 15 is 0 Å². The van der Waals surface area contributed by atoms with Crippen molar-refractivity contribution in [2.75, 3.05) is 26.4 Å². The van der Waals surface area contributed by atoms with Crippen LogP contribution in [-0.4, -0.2) is 47.9 Å². The fourth-order valence-corrected chi connectivity index (χ4v) is 0.485. The zero-order valence-corrected chi connectivity index (χ0v) is 7.68. The third-order valence-corrected chi connectivity index (χ3v) is 0.987. The highest BCUT2D eigenvalue weighted by Crippen LogP contribution is 1.87. The molecule has 0 rings (SSSR count). The van der Waals surface area contributed by atoms with Gasteiger partial charge in [0.05, 0.1) is 26.4 Å². The molecule has 0 radical (unpaired) electrons. The predicted molar refractivity (Wildman–Crippen MR) is 46.3 cm³/mol. The van der Waals surface area contributed by atoms with E-state index in [1.807, 2.05) is 0 Å². The highest BCUT2D eigenvalue weighted by molar-refractivity contribution is 5.86. The maximum absolute atomic E-state index is 10.8. The number of nitrogens with one attached hydrogen (secondary N) is 1. The average molecular weight is 206 g/mol. The Labute approximate surface area is 81.4 Å². The van der Waals surface area contributed by atoms with E-state index in [9.17, 15) is 4.79 Å². The van der Waals surface area contributed by atoms with Gasteiger partial charge < -0.3 is 10.2 Å². The molecule has 1 amide bonds. The number of carbonyl (C=O) groups is 1. The molecule has 14 heavy (non-hydrogen) atoms. The van der Waals surface area contributed by atoms with Gasteiger partial charge in [-0.2, -0.15) is 0 Å². The summed E-state index contributed by atoms with van der Waals surface area (Å²) < 4.78 is 0. The minimum Gasteiger partial charge on any atom is -0.394 e. The zero-order chi connectivity index (χ0) is 10.8. The smallest absolute Gasteiger partial charge is 0.261 e. The predicted octanol–water partition coefficient (Wildman–Crippen LogP) is -1.65.